The Morgan fingerprint density at radius 2 is 1.68 bits per heavy atom. The van der Waals surface area contributed by atoms with Crippen molar-refractivity contribution in [2.45, 2.75) is 13.8 Å². The standard InChI is InChI=1S/C17H15ClO/c1-12-3-4-14(11-13(12)2)5-10-17(19)15-6-8-16(18)9-7-15/h3-11H,1-2H3/b10-5+. The molecule has 19 heavy (non-hydrogen) atoms. The first-order valence-electron chi connectivity index (χ1n) is 6.11. The smallest absolute Gasteiger partial charge is 0.185 e. The summed E-state index contributed by atoms with van der Waals surface area (Å²) in [5, 5.41) is 0.634. The number of carbonyl (C=O) groups is 1. The number of halogens is 1. The molecule has 0 saturated carbocycles. The number of rotatable bonds is 3. The van der Waals surface area contributed by atoms with Crippen LogP contribution in [0.4, 0.5) is 0 Å². The number of hydrogen-bond donors (Lipinski definition) is 0. The molecule has 0 bridgehead atoms. The molecule has 0 atom stereocenters. The number of aryl methyl sites for hydroxylation is 2. The SMILES string of the molecule is Cc1ccc(/C=C/C(=O)c2ccc(Cl)cc2)cc1C. The quantitative estimate of drug-likeness (QED) is 0.575. The summed E-state index contributed by atoms with van der Waals surface area (Å²) in [7, 11) is 0. The second-order valence-corrected chi connectivity index (χ2v) is 4.98. The average molecular weight is 271 g/mol. The van der Waals surface area contributed by atoms with Crippen LogP contribution in [-0.4, -0.2) is 5.78 Å². The van der Waals surface area contributed by atoms with Gasteiger partial charge in [-0.25, -0.2) is 0 Å². The van der Waals surface area contributed by atoms with Gasteiger partial charge in [-0.05, 0) is 60.9 Å². The highest BCUT2D eigenvalue weighted by Gasteiger charge is 2.01. The van der Waals surface area contributed by atoms with Gasteiger partial charge >= 0.3 is 0 Å². The molecule has 0 spiro atoms. The third kappa shape index (κ3) is 3.55. The molecule has 0 fully saturated rings. The van der Waals surface area contributed by atoms with E-state index in [1.807, 2.05) is 12.1 Å². The minimum atomic E-state index is -0.0186. The van der Waals surface area contributed by atoms with Gasteiger partial charge < -0.3 is 0 Å². The average Bonchev–Trinajstić information content (AvgIpc) is 2.40. The molecule has 0 saturated heterocycles. The molecule has 2 aromatic rings. The molecule has 1 nitrogen and oxygen atoms in total. The van der Waals surface area contributed by atoms with E-state index in [1.54, 1.807) is 30.3 Å². The van der Waals surface area contributed by atoms with Crippen LogP contribution in [0.2, 0.25) is 5.02 Å². The molecule has 0 amide bonds. The monoisotopic (exact) mass is 270 g/mol. The van der Waals surface area contributed by atoms with E-state index in [2.05, 4.69) is 26.0 Å². The van der Waals surface area contributed by atoms with Crippen molar-refractivity contribution in [2.24, 2.45) is 0 Å². The fourth-order valence-electron chi connectivity index (χ4n) is 1.75. The van der Waals surface area contributed by atoms with Crippen molar-refractivity contribution in [1.29, 1.82) is 0 Å². The highest BCUT2D eigenvalue weighted by molar-refractivity contribution is 6.30. The molecular formula is C17H15ClO. The highest BCUT2D eigenvalue weighted by Crippen LogP contribution is 2.13. The first-order chi connectivity index (χ1) is 9.06. The number of ketones is 1. The number of allylic oxidation sites excluding steroid dienone is 1. The zero-order valence-corrected chi connectivity index (χ0v) is 11.7. The molecule has 0 aliphatic heterocycles. The molecular weight excluding hydrogens is 256 g/mol. The summed E-state index contributed by atoms with van der Waals surface area (Å²) in [5.74, 6) is -0.0186. The fraction of sp³-hybridized carbons (Fsp3) is 0.118. The minimum Gasteiger partial charge on any atom is -0.289 e. The Labute approximate surface area is 118 Å². The van der Waals surface area contributed by atoms with E-state index < -0.39 is 0 Å². The first-order valence-corrected chi connectivity index (χ1v) is 6.49. The lowest BCUT2D eigenvalue weighted by molar-refractivity contribution is 0.104. The van der Waals surface area contributed by atoms with Gasteiger partial charge in [0.15, 0.2) is 5.78 Å². The summed E-state index contributed by atoms with van der Waals surface area (Å²) < 4.78 is 0. The van der Waals surface area contributed by atoms with Gasteiger partial charge in [-0.1, -0.05) is 35.9 Å². The first kappa shape index (κ1) is 13.6. The fourth-order valence-corrected chi connectivity index (χ4v) is 1.88. The van der Waals surface area contributed by atoms with Crippen molar-refractivity contribution in [1.82, 2.24) is 0 Å². The summed E-state index contributed by atoms with van der Waals surface area (Å²) in [4.78, 5) is 12.0. The Bertz CT molecular complexity index is 624. The highest BCUT2D eigenvalue weighted by atomic mass is 35.5. The van der Waals surface area contributed by atoms with Gasteiger partial charge in [0.1, 0.15) is 0 Å². The normalized spacial score (nSPS) is 10.9. The molecule has 2 heteroatoms. The van der Waals surface area contributed by atoms with Crippen molar-refractivity contribution in [3.05, 3.63) is 75.8 Å². The molecule has 0 aliphatic carbocycles. The Morgan fingerprint density at radius 3 is 2.32 bits per heavy atom. The van der Waals surface area contributed by atoms with Gasteiger partial charge in [-0.3, -0.25) is 4.79 Å². The predicted molar refractivity (Wildman–Crippen MR) is 80.7 cm³/mol. The van der Waals surface area contributed by atoms with E-state index in [4.69, 9.17) is 11.6 Å². The van der Waals surface area contributed by atoms with E-state index in [0.717, 1.165) is 5.56 Å². The van der Waals surface area contributed by atoms with Crippen LogP contribution in [0.3, 0.4) is 0 Å². The van der Waals surface area contributed by atoms with Crippen LogP contribution in [0.25, 0.3) is 6.08 Å². The second kappa shape index (κ2) is 5.85. The van der Waals surface area contributed by atoms with Crippen LogP contribution < -0.4 is 0 Å². The number of benzene rings is 2. The molecule has 0 aliphatic rings. The lowest BCUT2D eigenvalue weighted by atomic mass is 10.0. The van der Waals surface area contributed by atoms with Crippen LogP contribution in [-0.2, 0) is 0 Å². The summed E-state index contributed by atoms with van der Waals surface area (Å²) in [6.45, 7) is 4.13. The van der Waals surface area contributed by atoms with Crippen molar-refractivity contribution in [3.8, 4) is 0 Å². The zero-order chi connectivity index (χ0) is 13.8. The lowest BCUT2D eigenvalue weighted by Gasteiger charge is -2.01. The zero-order valence-electron chi connectivity index (χ0n) is 11.0. The summed E-state index contributed by atoms with van der Waals surface area (Å²) in [6, 6.07) is 13.0. The van der Waals surface area contributed by atoms with Gasteiger partial charge in [-0.15, -0.1) is 0 Å². The van der Waals surface area contributed by atoms with Crippen molar-refractivity contribution in [3.63, 3.8) is 0 Å². The topological polar surface area (TPSA) is 17.1 Å². The van der Waals surface area contributed by atoms with Gasteiger partial charge in [0.2, 0.25) is 0 Å². The second-order valence-electron chi connectivity index (χ2n) is 4.55. The van der Waals surface area contributed by atoms with E-state index in [1.165, 1.54) is 11.1 Å². The molecule has 0 unspecified atom stereocenters. The lowest BCUT2D eigenvalue weighted by Crippen LogP contribution is -1.93. The Balaban J connectivity index is 2.15. The Hall–Kier alpha value is -1.86. The third-order valence-electron chi connectivity index (χ3n) is 3.09. The number of hydrogen-bond acceptors (Lipinski definition) is 1. The summed E-state index contributed by atoms with van der Waals surface area (Å²) in [5.41, 5.74) is 4.15. The maximum absolute atomic E-state index is 12.0. The maximum atomic E-state index is 12.0. The van der Waals surface area contributed by atoms with Crippen LogP contribution >= 0.6 is 11.6 Å². The molecule has 2 aromatic carbocycles. The van der Waals surface area contributed by atoms with Crippen molar-refractivity contribution < 1.29 is 4.79 Å². The van der Waals surface area contributed by atoms with Crippen molar-refractivity contribution >= 4 is 23.5 Å². The largest absolute Gasteiger partial charge is 0.289 e. The molecule has 96 valence electrons. The van der Waals surface area contributed by atoms with E-state index in [0.29, 0.717) is 10.6 Å². The summed E-state index contributed by atoms with van der Waals surface area (Å²) in [6.07, 6.45) is 3.43. The Kier molecular flexibility index (Phi) is 4.18. The van der Waals surface area contributed by atoms with Crippen LogP contribution in [0.15, 0.2) is 48.5 Å². The van der Waals surface area contributed by atoms with E-state index in [-0.39, 0.29) is 5.78 Å². The third-order valence-corrected chi connectivity index (χ3v) is 3.34. The minimum absolute atomic E-state index is 0.0186. The number of carbonyl (C=O) groups excluding carboxylic acids is 1. The Morgan fingerprint density at radius 1 is 1.00 bits per heavy atom. The molecule has 0 aromatic heterocycles. The van der Waals surface area contributed by atoms with E-state index >= 15 is 0 Å². The van der Waals surface area contributed by atoms with Crippen LogP contribution in [0.1, 0.15) is 27.0 Å². The molecule has 0 N–H and O–H groups in total. The predicted octanol–water partition coefficient (Wildman–Crippen LogP) is 4.85. The van der Waals surface area contributed by atoms with Gasteiger partial charge in [0.25, 0.3) is 0 Å². The van der Waals surface area contributed by atoms with Gasteiger partial charge in [0.05, 0.1) is 0 Å². The molecule has 2 rings (SSSR count). The molecule has 0 radical (unpaired) electrons. The van der Waals surface area contributed by atoms with Gasteiger partial charge in [0, 0.05) is 10.6 Å². The summed E-state index contributed by atoms with van der Waals surface area (Å²) >= 11 is 5.79. The van der Waals surface area contributed by atoms with Crippen LogP contribution in [0.5, 0.6) is 0 Å². The van der Waals surface area contributed by atoms with Crippen molar-refractivity contribution in [2.75, 3.05) is 0 Å². The van der Waals surface area contributed by atoms with E-state index in [9.17, 15) is 4.79 Å². The molecule has 0 heterocycles. The van der Waals surface area contributed by atoms with Crippen LogP contribution in [0, 0.1) is 13.8 Å². The van der Waals surface area contributed by atoms with Gasteiger partial charge in [-0.2, -0.15) is 0 Å². The maximum Gasteiger partial charge on any atom is 0.185 e.